The first-order valence-corrected chi connectivity index (χ1v) is 5.81. The van der Waals surface area contributed by atoms with Gasteiger partial charge in [0.2, 0.25) is 0 Å². The van der Waals surface area contributed by atoms with Crippen LogP contribution in [0.15, 0.2) is 30.3 Å². The van der Waals surface area contributed by atoms with Crippen molar-refractivity contribution in [3.8, 4) is 0 Å². The van der Waals surface area contributed by atoms with E-state index in [0.29, 0.717) is 12.2 Å². The van der Waals surface area contributed by atoms with Gasteiger partial charge >= 0.3 is 5.97 Å². The Bertz CT molecular complexity index is 348. The number of carbonyl (C=O) groups is 2. The molecule has 0 heterocycles. The zero-order valence-corrected chi connectivity index (χ0v) is 10.4. The average molecular weight is 318 g/mol. The highest BCUT2D eigenvalue weighted by Gasteiger charge is 2.25. The zero-order chi connectivity index (χ0) is 11.3. The standard InChI is InChI=1S/C11H11IO3/c1-2-15-11(14)9(12)10(13)8-6-4-3-5-7-8/h3-7,9H,2H2,1H3. The molecule has 1 rings (SSSR count). The van der Waals surface area contributed by atoms with Gasteiger partial charge in [-0.15, -0.1) is 0 Å². The molecular weight excluding hydrogens is 307 g/mol. The third-order valence-corrected chi connectivity index (χ3v) is 2.86. The van der Waals surface area contributed by atoms with Crippen LogP contribution in [0.1, 0.15) is 17.3 Å². The highest BCUT2D eigenvalue weighted by Crippen LogP contribution is 2.12. The molecule has 0 saturated heterocycles. The summed E-state index contributed by atoms with van der Waals surface area (Å²) < 4.78 is 4.02. The first-order valence-electron chi connectivity index (χ1n) is 4.56. The fraction of sp³-hybridized carbons (Fsp3) is 0.273. The second kappa shape index (κ2) is 5.85. The van der Waals surface area contributed by atoms with Crippen LogP contribution >= 0.6 is 22.6 Å². The topological polar surface area (TPSA) is 43.4 Å². The Morgan fingerprint density at radius 1 is 1.33 bits per heavy atom. The van der Waals surface area contributed by atoms with Gasteiger partial charge < -0.3 is 4.74 Å². The molecule has 1 unspecified atom stereocenters. The van der Waals surface area contributed by atoms with Crippen molar-refractivity contribution in [1.29, 1.82) is 0 Å². The lowest BCUT2D eigenvalue weighted by Gasteiger charge is -2.07. The molecule has 1 atom stereocenters. The van der Waals surface area contributed by atoms with Gasteiger partial charge in [-0.25, -0.2) is 0 Å². The van der Waals surface area contributed by atoms with Crippen molar-refractivity contribution in [2.45, 2.75) is 10.8 Å². The molecule has 0 N–H and O–H groups in total. The number of alkyl halides is 1. The maximum Gasteiger partial charge on any atom is 0.326 e. The summed E-state index contributed by atoms with van der Waals surface area (Å²) in [6, 6.07) is 8.73. The van der Waals surface area contributed by atoms with Gasteiger partial charge in [-0.1, -0.05) is 52.9 Å². The molecule has 0 aliphatic heterocycles. The summed E-state index contributed by atoms with van der Waals surface area (Å²) in [5.41, 5.74) is 0.532. The van der Waals surface area contributed by atoms with E-state index in [-0.39, 0.29) is 5.78 Å². The highest BCUT2D eigenvalue weighted by molar-refractivity contribution is 14.1. The molecule has 0 aromatic heterocycles. The number of benzene rings is 1. The minimum atomic E-state index is -0.759. The fourth-order valence-corrected chi connectivity index (χ4v) is 1.61. The smallest absolute Gasteiger partial charge is 0.326 e. The molecule has 0 aliphatic rings. The molecular formula is C11H11IO3. The molecule has 0 spiro atoms. The minimum absolute atomic E-state index is 0.213. The van der Waals surface area contributed by atoms with E-state index in [2.05, 4.69) is 0 Å². The quantitative estimate of drug-likeness (QED) is 0.281. The largest absolute Gasteiger partial charge is 0.465 e. The van der Waals surface area contributed by atoms with Gasteiger partial charge in [0, 0.05) is 5.56 Å². The van der Waals surface area contributed by atoms with Crippen molar-refractivity contribution < 1.29 is 14.3 Å². The van der Waals surface area contributed by atoms with E-state index >= 15 is 0 Å². The number of ether oxygens (including phenoxy) is 1. The molecule has 80 valence electrons. The van der Waals surface area contributed by atoms with Crippen molar-refractivity contribution in [3.63, 3.8) is 0 Å². The number of halogens is 1. The molecule has 0 amide bonds. The Hall–Kier alpha value is -0.910. The minimum Gasteiger partial charge on any atom is -0.465 e. The van der Waals surface area contributed by atoms with Crippen LogP contribution in [-0.2, 0) is 9.53 Å². The van der Waals surface area contributed by atoms with E-state index in [1.54, 1.807) is 53.8 Å². The van der Waals surface area contributed by atoms with E-state index < -0.39 is 9.89 Å². The molecule has 0 fully saturated rings. The van der Waals surface area contributed by atoms with E-state index in [9.17, 15) is 9.59 Å². The van der Waals surface area contributed by atoms with Crippen molar-refractivity contribution >= 4 is 34.3 Å². The average Bonchev–Trinajstić information content (AvgIpc) is 2.28. The van der Waals surface area contributed by atoms with E-state index in [1.807, 2.05) is 6.07 Å². The molecule has 0 bridgehead atoms. The van der Waals surface area contributed by atoms with E-state index in [4.69, 9.17) is 4.74 Å². The van der Waals surface area contributed by atoms with Crippen LogP contribution in [0.25, 0.3) is 0 Å². The van der Waals surface area contributed by atoms with Crippen molar-refractivity contribution in [3.05, 3.63) is 35.9 Å². The predicted molar refractivity (Wildman–Crippen MR) is 65.2 cm³/mol. The molecule has 0 aliphatic carbocycles. The molecule has 0 radical (unpaired) electrons. The van der Waals surface area contributed by atoms with Crippen LogP contribution in [0.4, 0.5) is 0 Å². The first kappa shape index (κ1) is 12.2. The van der Waals surface area contributed by atoms with Gasteiger partial charge in [-0.3, -0.25) is 9.59 Å². The lowest BCUT2D eigenvalue weighted by Crippen LogP contribution is -2.26. The number of Topliss-reactive ketones (excluding diaryl/α,β-unsaturated/α-hetero) is 1. The Balaban J connectivity index is 2.73. The van der Waals surface area contributed by atoms with Crippen LogP contribution in [0.5, 0.6) is 0 Å². The molecule has 0 saturated carbocycles. The normalized spacial score (nSPS) is 11.9. The number of hydrogen-bond acceptors (Lipinski definition) is 3. The summed E-state index contributed by atoms with van der Waals surface area (Å²) in [6.45, 7) is 2.01. The van der Waals surface area contributed by atoms with Gasteiger partial charge in [0.15, 0.2) is 9.71 Å². The highest BCUT2D eigenvalue weighted by atomic mass is 127. The Morgan fingerprint density at radius 2 is 1.93 bits per heavy atom. The van der Waals surface area contributed by atoms with Gasteiger partial charge in [-0.05, 0) is 6.92 Å². The lowest BCUT2D eigenvalue weighted by atomic mass is 10.1. The van der Waals surface area contributed by atoms with Crippen LogP contribution in [-0.4, -0.2) is 22.3 Å². The van der Waals surface area contributed by atoms with Crippen molar-refractivity contribution in [2.75, 3.05) is 6.61 Å². The summed E-state index contributed by atoms with van der Waals surface area (Å²) in [5, 5.41) is 0. The second-order valence-corrected chi connectivity index (χ2v) is 4.09. The molecule has 1 aromatic carbocycles. The molecule has 3 nitrogen and oxygen atoms in total. The molecule has 15 heavy (non-hydrogen) atoms. The van der Waals surface area contributed by atoms with Crippen LogP contribution in [0, 0.1) is 0 Å². The van der Waals surface area contributed by atoms with Crippen molar-refractivity contribution in [1.82, 2.24) is 0 Å². The van der Waals surface area contributed by atoms with Crippen LogP contribution in [0.3, 0.4) is 0 Å². The lowest BCUT2D eigenvalue weighted by molar-refractivity contribution is -0.141. The summed E-state index contributed by atoms with van der Waals surface area (Å²) in [5.74, 6) is -0.693. The van der Waals surface area contributed by atoms with Gasteiger partial charge in [0.05, 0.1) is 6.61 Å². The Labute approximate surface area is 102 Å². The van der Waals surface area contributed by atoms with Crippen LogP contribution < -0.4 is 0 Å². The number of esters is 1. The summed E-state index contributed by atoms with van der Waals surface area (Å²) >= 11 is 1.80. The van der Waals surface area contributed by atoms with Gasteiger partial charge in [0.1, 0.15) is 0 Å². The Morgan fingerprint density at radius 3 is 2.47 bits per heavy atom. The van der Waals surface area contributed by atoms with Crippen molar-refractivity contribution in [2.24, 2.45) is 0 Å². The van der Waals surface area contributed by atoms with Gasteiger partial charge in [0.25, 0.3) is 0 Å². The van der Waals surface area contributed by atoms with Crippen LogP contribution in [0.2, 0.25) is 0 Å². The summed E-state index contributed by atoms with van der Waals surface area (Å²) in [4.78, 5) is 23.1. The number of hydrogen-bond donors (Lipinski definition) is 0. The maximum atomic E-state index is 11.8. The SMILES string of the molecule is CCOC(=O)C(I)C(=O)c1ccccc1. The monoisotopic (exact) mass is 318 g/mol. The number of ketones is 1. The number of rotatable bonds is 4. The second-order valence-electron chi connectivity index (χ2n) is 2.84. The van der Waals surface area contributed by atoms with E-state index in [1.165, 1.54) is 0 Å². The summed E-state index contributed by atoms with van der Waals surface area (Å²) in [6.07, 6.45) is 0. The fourth-order valence-electron chi connectivity index (χ4n) is 1.07. The van der Waals surface area contributed by atoms with Gasteiger partial charge in [-0.2, -0.15) is 0 Å². The van der Waals surface area contributed by atoms with E-state index in [0.717, 1.165) is 0 Å². The third kappa shape index (κ3) is 3.30. The number of carbonyl (C=O) groups excluding carboxylic acids is 2. The predicted octanol–water partition coefficient (Wildman–Crippen LogP) is 2.24. The summed E-state index contributed by atoms with van der Waals surface area (Å²) in [7, 11) is 0. The molecule has 4 heteroatoms. The molecule has 1 aromatic rings. The third-order valence-electron chi connectivity index (χ3n) is 1.78. The maximum absolute atomic E-state index is 11.8. The first-order chi connectivity index (χ1) is 7.16. The zero-order valence-electron chi connectivity index (χ0n) is 8.27. The Kier molecular flexibility index (Phi) is 4.74.